The van der Waals surface area contributed by atoms with Gasteiger partial charge in [-0.1, -0.05) is 54.7 Å². The van der Waals surface area contributed by atoms with Crippen LogP contribution in [0, 0.1) is 6.92 Å². The third-order valence-corrected chi connectivity index (χ3v) is 3.40. The van der Waals surface area contributed by atoms with E-state index in [9.17, 15) is 0 Å². The van der Waals surface area contributed by atoms with Crippen molar-refractivity contribution in [3.63, 3.8) is 0 Å². The molecule has 0 atom stereocenters. The fourth-order valence-electron chi connectivity index (χ4n) is 1.41. The van der Waals surface area contributed by atoms with Crippen molar-refractivity contribution in [3.8, 4) is 0 Å². The summed E-state index contributed by atoms with van der Waals surface area (Å²) in [6.07, 6.45) is 3.59. The van der Waals surface area contributed by atoms with Gasteiger partial charge < -0.3 is 0 Å². The average Bonchev–Trinajstić information content (AvgIpc) is 2.83. The van der Waals surface area contributed by atoms with Crippen LogP contribution >= 0.6 is 11.8 Å². The summed E-state index contributed by atoms with van der Waals surface area (Å²) in [6, 6.07) is 8.32. The van der Waals surface area contributed by atoms with Gasteiger partial charge >= 0.3 is 0 Å². The number of thioether (sulfide) groups is 1. The maximum absolute atomic E-state index is 4.08. The topological polar surface area (TPSA) is 28.7 Å². The maximum atomic E-state index is 4.08. The summed E-state index contributed by atoms with van der Waals surface area (Å²) in [6.45, 7) is 10.2. The number of aromatic amines is 1. The van der Waals surface area contributed by atoms with E-state index in [0.29, 0.717) is 0 Å². The van der Waals surface area contributed by atoms with E-state index in [2.05, 4.69) is 54.5 Å². The fourth-order valence-corrected chi connectivity index (χ4v) is 2.19. The van der Waals surface area contributed by atoms with Crippen molar-refractivity contribution >= 4 is 21.6 Å². The Hall–Kier alpha value is -1.74. The third-order valence-electron chi connectivity index (χ3n) is 2.44. The number of hydrogen-bond acceptors (Lipinski definition) is 2. The molecule has 0 fully saturated rings. The quantitative estimate of drug-likeness (QED) is 0.874. The molecule has 0 spiro atoms. The summed E-state index contributed by atoms with van der Waals surface area (Å²) in [4.78, 5) is 1.94. The van der Waals surface area contributed by atoms with E-state index in [-0.39, 0.29) is 0 Å². The van der Waals surface area contributed by atoms with Crippen molar-refractivity contribution in [2.75, 3.05) is 0 Å². The number of H-pyrrole nitrogens is 1. The summed E-state index contributed by atoms with van der Waals surface area (Å²) >= 11 is 1.57. The lowest BCUT2D eigenvalue weighted by Gasteiger charge is -2.07. The lowest BCUT2D eigenvalue weighted by Crippen LogP contribution is -1.80. The van der Waals surface area contributed by atoms with Gasteiger partial charge in [0.05, 0.1) is 6.20 Å². The summed E-state index contributed by atoms with van der Waals surface area (Å²) in [5.41, 5.74) is 3.38. The minimum atomic E-state index is 0.948. The molecule has 0 saturated carbocycles. The van der Waals surface area contributed by atoms with Gasteiger partial charge in [-0.3, -0.25) is 5.10 Å². The van der Waals surface area contributed by atoms with Gasteiger partial charge in [-0.25, -0.2) is 0 Å². The number of benzene rings is 1. The monoisotopic (exact) mass is 242 g/mol. The molecule has 0 bridgehead atoms. The Kier molecular flexibility index (Phi) is 3.49. The molecule has 1 aromatic heterocycles. The van der Waals surface area contributed by atoms with Crippen molar-refractivity contribution in [1.82, 2.24) is 10.2 Å². The molecule has 2 nitrogen and oxygen atoms in total. The molecule has 0 saturated heterocycles. The summed E-state index contributed by atoms with van der Waals surface area (Å²) < 4.78 is 0. The Labute approximate surface area is 105 Å². The number of rotatable bonds is 4. The Morgan fingerprint density at radius 1 is 1.12 bits per heavy atom. The summed E-state index contributed by atoms with van der Waals surface area (Å²) in [7, 11) is 0. The molecular formula is C14H14N2S. The van der Waals surface area contributed by atoms with Crippen molar-refractivity contribution in [3.05, 3.63) is 66.5 Å². The molecule has 0 aliphatic heterocycles. The number of nitrogens with zero attached hydrogens (tertiary/aromatic N) is 1. The van der Waals surface area contributed by atoms with Crippen LogP contribution in [-0.4, -0.2) is 10.2 Å². The molecule has 1 aromatic carbocycles. The van der Waals surface area contributed by atoms with E-state index >= 15 is 0 Å². The molecule has 1 heterocycles. The molecule has 2 aromatic rings. The molecule has 17 heavy (non-hydrogen) atoms. The van der Waals surface area contributed by atoms with E-state index in [1.807, 2.05) is 6.20 Å². The van der Waals surface area contributed by atoms with Crippen LogP contribution in [0.3, 0.4) is 0 Å². The van der Waals surface area contributed by atoms with Crippen LogP contribution in [0.2, 0.25) is 0 Å². The molecule has 0 amide bonds. The van der Waals surface area contributed by atoms with Crippen molar-refractivity contribution in [2.24, 2.45) is 0 Å². The van der Waals surface area contributed by atoms with Gasteiger partial charge in [0.2, 0.25) is 0 Å². The van der Waals surface area contributed by atoms with Crippen LogP contribution in [0.1, 0.15) is 16.7 Å². The molecule has 0 aliphatic carbocycles. The van der Waals surface area contributed by atoms with E-state index in [0.717, 1.165) is 20.9 Å². The first-order valence-corrected chi connectivity index (χ1v) is 6.10. The van der Waals surface area contributed by atoms with Crippen LogP contribution in [0.15, 0.2) is 49.8 Å². The SMILES string of the molecule is C=C(SC(=C)c1cn[nH]c1)c1ccc(C)cc1. The average molecular weight is 242 g/mol. The Morgan fingerprint density at radius 2 is 1.76 bits per heavy atom. The normalized spacial score (nSPS) is 10.2. The highest BCUT2D eigenvalue weighted by Crippen LogP contribution is 2.36. The molecule has 0 radical (unpaired) electrons. The van der Waals surface area contributed by atoms with Gasteiger partial charge in [-0.2, -0.15) is 5.10 Å². The molecule has 0 aliphatic rings. The van der Waals surface area contributed by atoms with Crippen LogP contribution in [0.4, 0.5) is 0 Å². The number of nitrogens with one attached hydrogen (secondary N) is 1. The molecule has 86 valence electrons. The minimum Gasteiger partial charge on any atom is -0.285 e. The highest BCUT2D eigenvalue weighted by molar-refractivity contribution is 8.16. The summed E-state index contributed by atoms with van der Waals surface area (Å²) in [5, 5.41) is 6.68. The zero-order valence-corrected chi connectivity index (χ0v) is 10.6. The van der Waals surface area contributed by atoms with Crippen LogP contribution < -0.4 is 0 Å². The van der Waals surface area contributed by atoms with Gasteiger partial charge in [0, 0.05) is 21.6 Å². The van der Waals surface area contributed by atoms with E-state index in [1.165, 1.54) is 5.56 Å². The molecule has 1 N–H and O–H groups in total. The molecular weight excluding hydrogens is 228 g/mol. The molecule has 0 unspecified atom stereocenters. The lowest BCUT2D eigenvalue weighted by atomic mass is 10.1. The highest BCUT2D eigenvalue weighted by Gasteiger charge is 2.05. The Balaban J connectivity index is 2.07. The maximum Gasteiger partial charge on any atom is 0.0570 e. The molecule has 3 heteroatoms. The lowest BCUT2D eigenvalue weighted by molar-refractivity contribution is 1.09. The van der Waals surface area contributed by atoms with Gasteiger partial charge in [0.25, 0.3) is 0 Å². The Bertz CT molecular complexity index is 524. The van der Waals surface area contributed by atoms with Gasteiger partial charge in [-0.15, -0.1) is 0 Å². The first-order chi connectivity index (χ1) is 8.16. The number of aromatic nitrogens is 2. The van der Waals surface area contributed by atoms with Gasteiger partial charge in [0.1, 0.15) is 0 Å². The molecule has 2 rings (SSSR count). The van der Waals surface area contributed by atoms with Crippen molar-refractivity contribution in [1.29, 1.82) is 0 Å². The van der Waals surface area contributed by atoms with Crippen molar-refractivity contribution in [2.45, 2.75) is 6.92 Å². The van der Waals surface area contributed by atoms with E-state index in [1.54, 1.807) is 18.0 Å². The van der Waals surface area contributed by atoms with Gasteiger partial charge in [0.15, 0.2) is 0 Å². The largest absolute Gasteiger partial charge is 0.285 e. The first kappa shape index (κ1) is 11.7. The van der Waals surface area contributed by atoms with Crippen LogP contribution in [0.25, 0.3) is 9.81 Å². The first-order valence-electron chi connectivity index (χ1n) is 5.28. The Morgan fingerprint density at radius 3 is 2.35 bits per heavy atom. The van der Waals surface area contributed by atoms with E-state index in [4.69, 9.17) is 0 Å². The van der Waals surface area contributed by atoms with Crippen LogP contribution in [0.5, 0.6) is 0 Å². The predicted molar refractivity (Wildman–Crippen MR) is 75.4 cm³/mol. The number of hydrogen-bond donors (Lipinski definition) is 1. The second-order valence-electron chi connectivity index (χ2n) is 3.80. The fraction of sp³-hybridized carbons (Fsp3) is 0.0714. The van der Waals surface area contributed by atoms with Crippen LogP contribution in [-0.2, 0) is 0 Å². The highest BCUT2D eigenvalue weighted by atomic mass is 32.2. The standard InChI is InChI=1S/C14H14N2S/c1-10-4-6-13(7-5-10)11(2)17-12(3)14-8-15-16-9-14/h4-9H,2-3H2,1H3,(H,15,16). The minimum absolute atomic E-state index is 0.948. The smallest absolute Gasteiger partial charge is 0.0570 e. The predicted octanol–water partition coefficient (Wildman–Crippen LogP) is 4.09. The number of aryl methyl sites for hydroxylation is 1. The van der Waals surface area contributed by atoms with Gasteiger partial charge in [-0.05, 0) is 12.5 Å². The third kappa shape index (κ3) is 2.88. The second kappa shape index (κ2) is 5.06. The van der Waals surface area contributed by atoms with E-state index < -0.39 is 0 Å². The zero-order chi connectivity index (χ0) is 12.3. The van der Waals surface area contributed by atoms with Crippen molar-refractivity contribution < 1.29 is 0 Å². The zero-order valence-electron chi connectivity index (χ0n) is 9.73. The second-order valence-corrected chi connectivity index (χ2v) is 4.99. The summed E-state index contributed by atoms with van der Waals surface area (Å²) in [5.74, 6) is 0.